The summed E-state index contributed by atoms with van der Waals surface area (Å²) >= 11 is 0. The molecule has 116 valence electrons. The van der Waals surface area contributed by atoms with E-state index in [9.17, 15) is 4.79 Å². The third kappa shape index (κ3) is 5.05. The smallest absolute Gasteiger partial charge is 0.251 e. The zero-order valence-corrected chi connectivity index (χ0v) is 12.8. The van der Waals surface area contributed by atoms with Crippen LogP contribution >= 0.6 is 0 Å². The van der Waals surface area contributed by atoms with Crippen LogP contribution < -0.4 is 15.8 Å². The molecule has 2 rings (SSSR count). The summed E-state index contributed by atoms with van der Waals surface area (Å²) in [5.41, 5.74) is 6.64. The molecule has 0 aromatic heterocycles. The molecule has 0 saturated heterocycles. The highest BCUT2D eigenvalue weighted by atomic mass is 16.5. The summed E-state index contributed by atoms with van der Waals surface area (Å²) in [6.45, 7) is 3.45. The summed E-state index contributed by atoms with van der Waals surface area (Å²) in [7, 11) is 0. The van der Waals surface area contributed by atoms with E-state index in [0.29, 0.717) is 30.7 Å². The van der Waals surface area contributed by atoms with Crippen LogP contribution in [0.2, 0.25) is 0 Å². The average molecular weight is 290 g/mol. The van der Waals surface area contributed by atoms with Gasteiger partial charge in [0.25, 0.3) is 5.91 Å². The molecule has 1 aliphatic carbocycles. The highest BCUT2D eigenvalue weighted by Gasteiger charge is 2.19. The fourth-order valence-corrected chi connectivity index (χ4v) is 2.80. The number of hydrogen-bond donors (Lipinski definition) is 2. The van der Waals surface area contributed by atoms with Crippen molar-refractivity contribution in [3.8, 4) is 5.75 Å². The molecule has 0 aliphatic heterocycles. The summed E-state index contributed by atoms with van der Waals surface area (Å²) in [5.74, 6) is 1.23. The molecule has 4 nitrogen and oxygen atoms in total. The van der Waals surface area contributed by atoms with Crippen LogP contribution in [0.4, 0.5) is 0 Å². The van der Waals surface area contributed by atoms with Crippen molar-refractivity contribution in [3.05, 3.63) is 29.8 Å². The molecule has 2 unspecified atom stereocenters. The summed E-state index contributed by atoms with van der Waals surface area (Å²) in [5, 5.41) is 3.02. The third-order valence-corrected chi connectivity index (χ3v) is 3.94. The molecule has 0 radical (unpaired) electrons. The second-order valence-corrected chi connectivity index (χ2v) is 5.88. The lowest BCUT2D eigenvalue weighted by Crippen LogP contribution is -2.35. The lowest BCUT2D eigenvalue weighted by molar-refractivity contribution is 0.0942. The van der Waals surface area contributed by atoms with Crippen molar-refractivity contribution in [2.24, 2.45) is 11.7 Å². The molecule has 21 heavy (non-hydrogen) atoms. The minimum absolute atomic E-state index is 0.0314. The highest BCUT2D eigenvalue weighted by molar-refractivity contribution is 5.94. The van der Waals surface area contributed by atoms with Crippen LogP contribution in [-0.4, -0.2) is 25.1 Å². The van der Waals surface area contributed by atoms with Gasteiger partial charge in [0, 0.05) is 18.2 Å². The van der Waals surface area contributed by atoms with Crippen molar-refractivity contribution in [1.29, 1.82) is 0 Å². The van der Waals surface area contributed by atoms with E-state index in [0.717, 1.165) is 31.4 Å². The van der Waals surface area contributed by atoms with Gasteiger partial charge in [-0.1, -0.05) is 19.4 Å². The zero-order valence-electron chi connectivity index (χ0n) is 12.8. The molecule has 0 heterocycles. The average Bonchev–Trinajstić information content (AvgIpc) is 2.51. The maximum Gasteiger partial charge on any atom is 0.251 e. The van der Waals surface area contributed by atoms with Crippen molar-refractivity contribution < 1.29 is 9.53 Å². The van der Waals surface area contributed by atoms with Crippen LogP contribution in [0.3, 0.4) is 0 Å². The van der Waals surface area contributed by atoms with E-state index < -0.39 is 0 Å². The zero-order chi connectivity index (χ0) is 15.1. The van der Waals surface area contributed by atoms with E-state index in [1.165, 1.54) is 6.42 Å². The van der Waals surface area contributed by atoms with Crippen LogP contribution in [0.25, 0.3) is 0 Å². The predicted molar refractivity (Wildman–Crippen MR) is 84.5 cm³/mol. The van der Waals surface area contributed by atoms with E-state index in [1.807, 2.05) is 18.2 Å². The van der Waals surface area contributed by atoms with Crippen LogP contribution in [0.5, 0.6) is 5.75 Å². The largest absolute Gasteiger partial charge is 0.494 e. The number of benzene rings is 1. The molecule has 4 heteroatoms. The second-order valence-electron chi connectivity index (χ2n) is 5.88. The van der Waals surface area contributed by atoms with Crippen LogP contribution in [0.15, 0.2) is 24.3 Å². The number of carbonyl (C=O) groups is 1. The van der Waals surface area contributed by atoms with Crippen molar-refractivity contribution in [3.63, 3.8) is 0 Å². The molecule has 1 aliphatic rings. The Morgan fingerprint density at radius 3 is 3.05 bits per heavy atom. The Morgan fingerprint density at radius 2 is 2.29 bits per heavy atom. The molecule has 1 saturated carbocycles. The third-order valence-electron chi connectivity index (χ3n) is 3.94. The number of ether oxygens (including phenoxy) is 1. The normalized spacial score (nSPS) is 21.8. The standard InChI is InChI=1S/C17H26N2O2/c1-2-9-21-16-8-4-6-14(11-16)17(20)19-12-13-5-3-7-15(18)10-13/h4,6,8,11,13,15H,2-3,5,7,9-10,12,18H2,1H3,(H,19,20). The summed E-state index contributed by atoms with van der Waals surface area (Å²) in [6.07, 6.45) is 5.41. The Morgan fingerprint density at radius 1 is 1.43 bits per heavy atom. The molecule has 1 aromatic rings. The van der Waals surface area contributed by atoms with Gasteiger partial charge in [-0.05, 0) is 49.8 Å². The van der Waals surface area contributed by atoms with Crippen LogP contribution in [0, 0.1) is 5.92 Å². The number of amides is 1. The van der Waals surface area contributed by atoms with Gasteiger partial charge in [-0.3, -0.25) is 4.79 Å². The van der Waals surface area contributed by atoms with Gasteiger partial charge in [0.05, 0.1) is 6.61 Å². The van der Waals surface area contributed by atoms with Crippen molar-refractivity contribution >= 4 is 5.91 Å². The maximum atomic E-state index is 12.2. The Hall–Kier alpha value is -1.55. The molecule has 0 bridgehead atoms. The molecule has 1 fully saturated rings. The molecule has 2 atom stereocenters. The number of carbonyl (C=O) groups excluding carboxylic acids is 1. The molecule has 3 N–H and O–H groups in total. The molecule has 1 aromatic carbocycles. The first-order valence-electron chi connectivity index (χ1n) is 7.95. The number of hydrogen-bond acceptors (Lipinski definition) is 3. The molecule has 1 amide bonds. The van der Waals surface area contributed by atoms with Crippen molar-refractivity contribution in [1.82, 2.24) is 5.32 Å². The fraction of sp³-hybridized carbons (Fsp3) is 0.588. The van der Waals surface area contributed by atoms with Gasteiger partial charge in [0.15, 0.2) is 0 Å². The fourth-order valence-electron chi connectivity index (χ4n) is 2.80. The van der Waals surface area contributed by atoms with E-state index in [4.69, 9.17) is 10.5 Å². The number of nitrogens with one attached hydrogen (secondary N) is 1. The predicted octanol–water partition coefficient (Wildman–Crippen LogP) is 2.72. The summed E-state index contributed by atoms with van der Waals surface area (Å²) < 4.78 is 5.56. The van der Waals surface area contributed by atoms with Gasteiger partial charge in [0.1, 0.15) is 5.75 Å². The van der Waals surface area contributed by atoms with Crippen LogP contribution in [-0.2, 0) is 0 Å². The Bertz CT molecular complexity index is 462. The minimum Gasteiger partial charge on any atom is -0.494 e. The van der Waals surface area contributed by atoms with Gasteiger partial charge in [-0.25, -0.2) is 0 Å². The van der Waals surface area contributed by atoms with Crippen LogP contribution in [0.1, 0.15) is 49.4 Å². The molecular formula is C17H26N2O2. The van der Waals surface area contributed by atoms with E-state index in [-0.39, 0.29) is 5.91 Å². The van der Waals surface area contributed by atoms with Crippen molar-refractivity contribution in [2.75, 3.05) is 13.2 Å². The second kappa shape index (κ2) is 8.03. The topological polar surface area (TPSA) is 64.3 Å². The lowest BCUT2D eigenvalue weighted by Gasteiger charge is -2.26. The Balaban J connectivity index is 1.85. The van der Waals surface area contributed by atoms with Crippen molar-refractivity contribution in [2.45, 2.75) is 45.1 Å². The first kappa shape index (κ1) is 15.8. The van der Waals surface area contributed by atoms with E-state index in [1.54, 1.807) is 6.07 Å². The maximum absolute atomic E-state index is 12.2. The SMILES string of the molecule is CCCOc1cccc(C(=O)NCC2CCCC(N)C2)c1. The first-order chi connectivity index (χ1) is 10.2. The van der Waals surface area contributed by atoms with Gasteiger partial charge < -0.3 is 15.8 Å². The quantitative estimate of drug-likeness (QED) is 0.846. The Kier molecular flexibility index (Phi) is 6.05. The highest BCUT2D eigenvalue weighted by Crippen LogP contribution is 2.22. The van der Waals surface area contributed by atoms with E-state index in [2.05, 4.69) is 12.2 Å². The van der Waals surface area contributed by atoms with Gasteiger partial charge in [-0.2, -0.15) is 0 Å². The first-order valence-corrected chi connectivity index (χ1v) is 7.95. The Labute approximate surface area is 127 Å². The molecule has 0 spiro atoms. The minimum atomic E-state index is -0.0314. The molecular weight excluding hydrogens is 264 g/mol. The lowest BCUT2D eigenvalue weighted by atomic mass is 9.86. The van der Waals surface area contributed by atoms with Gasteiger partial charge in [0.2, 0.25) is 0 Å². The summed E-state index contributed by atoms with van der Waals surface area (Å²) in [4.78, 5) is 12.2. The van der Waals surface area contributed by atoms with Gasteiger partial charge >= 0.3 is 0 Å². The summed E-state index contributed by atoms with van der Waals surface area (Å²) in [6, 6.07) is 7.66. The van der Waals surface area contributed by atoms with Gasteiger partial charge in [-0.15, -0.1) is 0 Å². The number of rotatable bonds is 6. The number of nitrogens with two attached hydrogens (primary N) is 1. The monoisotopic (exact) mass is 290 g/mol. The van der Waals surface area contributed by atoms with E-state index >= 15 is 0 Å².